The molecule has 1 atom stereocenters. The summed E-state index contributed by atoms with van der Waals surface area (Å²) in [5.74, 6) is 1.72. The number of sulfonamides is 1. The number of para-hydroxylation sites is 1. The van der Waals surface area contributed by atoms with Crippen molar-refractivity contribution in [1.29, 1.82) is 0 Å². The first-order valence-electron chi connectivity index (χ1n) is 8.54. The van der Waals surface area contributed by atoms with Gasteiger partial charge in [0.15, 0.2) is 11.5 Å². The molecular weight excluding hydrogens is 354 g/mol. The molecular formula is C19H21NO5S. The summed E-state index contributed by atoms with van der Waals surface area (Å²) >= 11 is 0. The summed E-state index contributed by atoms with van der Waals surface area (Å²) in [7, 11) is -3.73. The van der Waals surface area contributed by atoms with Crippen molar-refractivity contribution in [2.24, 2.45) is 0 Å². The van der Waals surface area contributed by atoms with Crippen LogP contribution in [0.25, 0.3) is 0 Å². The topological polar surface area (TPSA) is 73.9 Å². The zero-order valence-corrected chi connectivity index (χ0v) is 15.5. The van der Waals surface area contributed by atoms with Gasteiger partial charge in [0.05, 0.1) is 10.9 Å². The highest BCUT2D eigenvalue weighted by molar-refractivity contribution is 7.89. The van der Waals surface area contributed by atoms with Crippen molar-refractivity contribution >= 4 is 10.0 Å². The number of ether oxygens (including phenoxy) is 3. The van der Waals surface area contributed by atoms with Crippen molar-refractivity contribution in [3.63, 3.8) is 0 Å². The van der Waals surface area contributed by atoms with E-state index in [4.69, 9.17) is 14.2 Å². The highest BCUT2D eigenvalue weighted by atomic mass is 32.2. The van der Waals surface area contributed by atoms with Crippen molar-refractivity contribution in [1.82, 2.24) is 4.72 Å². The van der Waals surface area contributed by atoms with Gasteiger partial charge >= 0.3 is 0 Å². The van der Waals surface area contributed by atoms with Gasteiger partial charge in [0.25, 0.3) is 0 Å². The molecule has 2 aliphatic heterocycles. The van der Waals surface area contributed by atoms with E-state index in [9.17, 15) is 8.42 Å². The number of rotatable bonds is 3. The number of fused-ring (bicyclic) bond motifs is 2. The van der Waals surface area contributed by atoms with Crippen LogP contribution in [-0.2, 0) is 10.0 Å². The van der Waals surface area contributed by atoms with E-state index in [1.54, 1.807) is 6.07 Å². The van der Waals surface area contributed by atoms with Crippen LogP contribution in [-0.4, -0.2) is 27.2 Å². The van der Waals surface area contributed by atoms with E-state index >= 15 is 0 Å². The summed E-state index contributed by atoms with van der Waals surface area (Å²) in [6, 6.07) is 11.8. The minimum Gasteiger partial charge on any atom is -0.487 e. The normalized spacial score (nSPS) is 20.8. The molecule has 6 nitrogen and oxygen atoms in total. The van der Waals surface area contributed by atoms with E-state index < -0.39 is 15.6 Å². The Morgan fingerprint density at radius 3 is 2.54 bits per heavy atom. The minimum atomic E-state index is -3.73. The fraction of sp³-hybridized carbons (Fsp3) is 0.368. The average Bonchev–Trinajstić information content (AvgIpc) is 2.60. The Balaban J connectivity index is 1.66. The Morgan fingerprint density at radius 2 is 1.73 bits per heavy atom. The fourth-order valence-corrected chi connectivity index (χ4v) is 4.58. The molecule has 138 valence electrons. The Bertz CT molecular complexity index is 939. The summed E-state index contributed by atoms with van der Waals surface area (Å²) in [5, 5.41) is 0. The third-order valence-corrected chi connectivity index (χ3v) is 5.97. The van der Waals surface area contributed by atoms with Gasteiger partial charge in [-0.3, -0.25) is 0 Å². The molecule has 2 aliphatic rings. The van der Waals surface area contributed by atoms with Crippen molar-refractivity contribution in [2.75, 3.05) is 13.2 Å². The molecule has 0 fully saturated rings. The summed E-state index contributed by atoms with van der Waals surface area (Å²) in [6.07, 6.45) is 0.536. The smallest absolute Gasteiger partial charge is 0.241 e. The maximum absolute atomic E-state index is 13.0. The van der Waals surface area contributed by atoms with E-state index in [1.807, 2.05) is 38.1 Å². The van der Waals surface area contributed by atoms with Gasteiger partial charge in [-0.2, -0.15) is 0 Å². The highest BCUT2D eigenvalue weighted by Crippen LogP contribution is 2.40. The van der Waals surface area contributed by atoms with Crippen LogP contribution in [0, 0.1) is 0 Å². The number of hydrogen-bond donors (Lipinski definition) is 1. The summed E-state index contributed by atoms with van der Waals surface area (Å²) < 4.78 is 45.7. The molecule has 0 unspecified atom stereocenters. The lowest BCUT2D eigenvalue weighted by molar-refractivity contribution is 0.0702. The van der Waals surface area contributed by atoms with Crippen molar-refractivity contribution in [2.45, 2.75) is 36.8 Å². The standard InChI is InChI=1S/C19H21NO5S/c1-19(2)12-15(14-5-3-4-6-16(14)25-19)20-26(21,22)13-7-8-17-18(11-13)24-10-9-23-17/h3-8,11,15,20H,9-10,12H2,1-2H3/t15-/m1/s1. The van der Waals surface area contributed by atoms with Crippen LogP contribution >= 0.6 is 0 Å². The van der Waals surface area contributed by atoms with Crippen LogP contribution in [0.5, 0.6) is 17.2 Å². The van der Waals surface area contributed by atoms with Crippen LogP contribution in [0.15, 0.2) is 47.4 Å². The van der Waals surface area contributed by atoms with E-state index in [0.29, 0.717) is 36.9 Å². The van der Waals surface area contributed by atoms with Gasteiger partial charge in [0.2, 0.25) is 10.0 Å². The zero-order valence-electron chi connectivity index (χ0n) is 14.7. The molecule has 0 aliphatic carbocycles. The van der Waals surface area contributed by atoms with Crippen molar-refractivity contribution in [3.8, 4) is 17.2 Å². The van der Waals surface area contributed by atoms with Gasteiger partial charge in [0, 0.05) is 18.1 Å². The molecule has 7 heteroatoms. The minimum absolute atomic E-state index is 0.156. The second kappa shape index (κ2) is 6.17. The first-order valence-corrected chi connectivity index (χ1v) is 10.0. The predicted molar refractivity (Wildman–Crippen MR) is 96.3 cm³/mol. The van der Waals surface area contributed by atoms with Crippen molar-refractivity contribution < 1.29 is 22.6 Å². The predicted octanol–water partition coefficient (Wildman–Crippen LogP) is 3.04. The van der Waals surface area contributed by atoms with Crippen molar-refractivity contribution in [3.05, 3.63) is 48.0 Å². The largest absolute Gasteiger partial charge is 0.487 e. The highest BCUT2D eigenvalue weighted by Gasteiger charge is 2.36. The molecule has 0 saturated carbocycles. The Kier molecular flexibility index (Phi) is 4.08. The number of nitrogens with one attached hydrogen (secondary N) is 1. The monoisotopic (exact) mass is 375 g/mol. The lowest BCUT2D eigenvalue weighted by atomic mass is 9.90. The summed E-state index contributed by atoms with van der Waals surface area (Å²) in [4.78, 5) is 0.156. The molecule has 2 aromatic carbocycles. The molecule has 0 aromatic heterocycles. The SMILES string of the molecule is CC1(C)C[C@@H](NS(=O)(=O)c2ccc3c(c2)OCCO3)c2ccccc2O1. The molecule has 1 N–H and O–H groups in total. The molecule has 4 rings (SSSR count). The molecule has 2 heterocycles. The summed E-state index contributed by atoms with van der Waals surface area (Å²) in [6.45, 7) is 4.78. The van der Waals surface area contributed by atoms with Gasteiger partial charge < -0.3 is 14.2 Å². The van der Waals surface area contributed by atoms with E-state index in [1.165, 1.54) is 12.1 Å². The van der Waals surface area contributed by atoms with Gasteiger partial charge in [-0.15, -0.1) is 0 Å². The molecule has 0 bridgehead atoms. The lowest BCUT2D eigenvalue weighted by Crippen LogP contribution is -2.41. The number of hydrogen-bond acceptors (Lipinski definition) is 5. The van der Waals surface area contributed by atoms with Crippen LogP contribution < -0.4 is 18.9 Å². The van der Waals surface area contributed by atoms with Crippen LogP contribution in [0.2, 0.25) is 0 Å². The molecule has 26 heavy (non-hydrogen) atoms. The second-order valence-corrected chi connectivity index (χ2v) is 8.80. The fourth-order valence-electron chi connectivity index (χ4n) is 3.35. The van der Waals surface area contributed by atoms with Crippen LogP contribution in [0.1, 0.15) is 31.9 Å². The molecule has 0 spiro atoms. The van der Waals surface area contributed by atoms with Crippen LogP contribution in [0.4, 0.5) is 0 Å². The molecule has 0 radical (unpaired) electrons. The molecule has 0 saturated heterocycles. The van der Waals surface area contributed by atoms with Crippen LogP contribution in [0.3, 0.4) is 0 Å². The van der Waals surface area contributed by atoms with Gasteiger partial charge in [-0.05, 0) is 32.0 Å². The third-order valence-electron chi connectivity index (χ3n) is 4.50. The lowest BCUT2D eigenvalue weighted by Gasteiger charge is -2.37. The Hall–Kier alpha value is -2.25. The van der Waals surface area contributed by atoms with Gasteiger partial charge in [-0.1, -0.05) is 18.2 Å². The Morgan fingerprint density at radius 1 is 1.00 bits per heavy atom. The van der Waals surface area contributed by atoms with E-state index in [0.717, 1.165) is 5.56 Å². The zero-order chi connectivity index (χ0) is 18.4. The molecule has 0 amide bonds. The third kappa shape index (κ3) is 3.24. The Labute approximate surface area is 153 Å². The van der Waals surface area contributed by atoms with E-state index in [-0.39, 0.29) is 10.9 Å². The quantitative estimate of drug-likeness (QED) is 0.893. The average molecular weight is 375 g/mol. The van der Waals surface area contributed by atoms with E-state index in [2.05, 4.69) is 4.72 Å². The second-order valence-electron chi connectivity index (χ2n) is 7.08. The van der Waals surface area contributed by atoms with Gasteiger partial charge in [0.1, 0.15) is 24.6 Å². The first kappa shape index (κ1) is 17.2. The number of benzene rings is 2. The van der Waals surface area contributed by atoms with Gasteiger partial charge in [-0.25, -0.2) is 13.1 Å². The first-order chi connectivity index (χ1) is 12.3. The molecule has 2 aromatic rings. The maximum Gasteiger partial charge on any atom is 0.241 e. The maximum atomic E-state index is 13.0. The summed E-state index contributed by atoms with van der Waals surface area (Å²) in [5.41, 5.74) is 0.377.